The normalized spacial score (nSPS) is 16.0. The molecule has 0 saturated heterocycles. The lowest BCUT2D eigenvalue weighted by Gasteiger charge is -2.36. The minimum Gasteiger partial charge on any atom is -0.456 e. The number of rotatable bonds is 4. The molecule has 0 aliphatic heterocycles. The molecule has 3 nitrogen and oxygen atoms in total. The number of allylic oxidation sites excluding steroid dienone is 1. The van der Waals surface area contributed by atoms with Crippen LogP contribution >= 0.6 is 22.7 Å². The lowest BCUT2D eigenvalue weighted by molar-refractivity contribution is 0.353. The van der Waals surface area contributed by atoms with Gasteiger partial charge in [-0.15, -0.1) is 22.7 Å². The van der Waals surface area contributed by atoms with Crippen LogP contribution in [0.1, 0.15) is 74.1 Å². The maximum atomic E-state index is 6.36. The molecule has 4 aromatic heterocycles. The van der Waals surface area contributed by atoms with Crippen molar-refractivity contribution in [3.63, 3.8) is 0 Å². The number of fused-ring (bicyclic) bond motifs is 12. The third kappa shape index (κ3) is 4.80. The quantitative estimate of drug-likeness (QED) is 0.179. The van der Waals surface area contributed by atoms with E-state index in [0.29, 0.717) is 0 Å². The molecule has 1 spiro atoms. The Morgan fingerprint density at radius 3 is 2.45 bits per heavy atom. The van der Waals surface area contributed by atoms with Crippen molar-refractivity contribution in [2.24, 2.45) is 0 Å². The number of thiophene rings is 2. The Labute approximate surface area is 333 Å². The van der Waals surface area contributed by atoms with Gasteiger partial charge in [-0.1, -0.05) is 104 Å². The molecule has 5 heteroatoms. The van der Waals surface area contributed by atoms with Crippen molar-refractivity contribution < 1.29 is 4.42 Å². The van der Waals surface area contributed by atoms with Crippen LogP contribution in [0, 0.1) is 0 Å². The van der Waals surface area contributed by atoms with E-state index in [0.717, 1.165) is 67.6 Å². The smallest absolute Gasteiger partial charge is 0.161 e. The Kier molecular flexibility index (Phi) is 7.24. The summed E-state index contributed by atoms with van der Waals surface area (Å²) in [6.07, 6.45) is 15.6. The number of benzene rings is 5. The zero-order valence-corrected chi connectivity index (χ0v) is 32.8. The molecular weight excluding hydrogens is 721 g/mol. The van der Waals surface area contributed by atoms with E-state index in [9.17, 15) is 0 Å². The standard InChI is InChI=1S/C51H38N2OS2/c1-30(31-20-22-36-35-12-3-6-17-41(35)51(42(36)27-31)24-9-2-10-25-51)26-33-29-55-48-34(33)15-11-16-40(48)50-52-46(49-47(53-50)39-14-5-8-19-45(39)56-49)32-21-23-38-37-13-4-7-18-43(37)54-44(38)28-32/h3-4,6-7,11-23,26-29H,2,5,8-10,24-25H2,1H3/b30-26+. The van der Waals surface area contributed by atoms with Crippen molar-refractivity contribution in [3.8, 4) is 33.8 Å². The van der Waals surface area contributed by atoms with Gasteiger partial charge in [-0.2, -0.15) is 0 Å². The van der Waals surface area contributed by atoms with Crippen molar-refractivity contribution in [1.29, 1.82) is 0 Å². The van der Waals surface area contributed by atoms with E-state index < -0.39 is 0 Å². The number of nitrogens with zero attached hydrogens (tertiary/aromatic N) is 2. The van der Waals surface area contributed by atoms with Gasteiger partial charge in [0.1, 0.15) is 11.2 Å². The van der Waals surface area contributed by atoms with Crippen LogP contribution in [-0.4, -0.2) is 9.97 Å². The molecule has 0 amide bonds. The second kappa shape index (κ2) is 12.4. The highest BCUT2D eigenvalue weighted by molar-refractivity contribution is 7.18. The van der Waals surface area contributed by atoms with Crippen LogP contribution in [0.3, 0.4) is 0 Å². The second-order valence-electron chi connectivity index (χ2n) is 15.9. The maximum Gasteiger partial charge on any atom is 0.161 e. The summed E-state index contributed by atoms with van der Waals surface area (Å²) in [6, 6.07) is 37.9. The van der Waals surface area contributed by atoms with Gasteiger partial charge in [0.15, 0.2) is 5.82 Å². The first-order chi connectivity index (χ1) is 27.6. The molecular formula is C51H38N2OS2. The summed E-state index contributed by atoms with van der Waals surface area (Å²) in [6.45, 7) is 2.28. The number of furan rings is 1. The van der Waals surface area contributed by atoms with Gasteiger partial charge in [0.25, 0.3) is 0 Å². The average molecular weight is 759 g/mol. The maximum absolute atomic E-state index is 6.36. The van der Waals surface area contributed by atoms with Crippen molar-refractivity contribution in [2.45, 2.75) is 57.3 Å². The van der Waals surface area contributed by atoms with Gasteiger partial charge < -0.3 is 4.42 Å². The molecule has 0 atom stereocenters. The fourth-order valence-electron chi connectivity index (χ4n) is 10.1. The summed E-state index contributed by atoms with van der Waals surface area (Å²) in [5, 5.41) is 7.06. The Morgan fingerprint density at radius 2 is 1.50 bits per heavy atom. The fraction of sp³-hybridized carbons (Fsp3) is 0.176. The topological polar surface area (TPSA) is 38.9 Å². The average Bonchev–Trinajstić information content (AvgIpc) is 4.01. The molecule has 0 bridgehead atoms. The van der Waals surface area contributed by atoms with Crippen molar-refractivity contribution in [2.75, 3.05) is 0 Å². The third-order valence-corrected chi connectivity index (χ3v) is 15.0. The van der Waals surface area contributed by atoms with Crippen molar-refractivity contribution in [3.05, 3.63) is 141 Å². The Hall–Kier alpha value is -5.62. The van der Waals surface area contributed by atoms with E-state index in [1.54, 1.807) is 16.9 Å². The summed E-state index contributed by atoms with van der Waals surface area (Å²) < 4.78 is 10.0. The molecule has 5 aromatic carbocycles. The number of hydrogen-bond acceptors (Lipinski definition) is 5. The summed E-state index contributed by atoms with van der Waals surface area (Å²) in [7, 11) is 0. The molecule has 3 aliphatic carbocycles. The van der Waals surface area contributed by atoms with Crippen LogP contribution in [0.4, 0.5) is 0 Å². The van der Waals surface area contributed by atoms with Crippen molar-refractivity contribution >= 4 is 88.7 Å². The molecule has 1 saturated carbocycles. The van der Waals surface area contributed by atoms with Gasteiger partial charge in [-0.3, -0.25) is 0 Å². The predicted molar refractivity (Wildman–Crippen MR) is 238 cm³/mol. The SMILES string of the molecule is C/C(=C\c1csc2c(-c3nc(-c4ccc5c(c4)oc4ccccc45)c4sc5c(c4n3)=CCCC=5)cccc12)c1ccc2c(c1)C1(CCCCC1)c1ccccc1-2. The van der Waals surface area contributed by atoms with Crippen LogP contribution in [0.15, 0.2) is 113 Å². The molecule has 4 heterocycles. The lowest BCUT2D eigenvalue weighted by atomic mass is 9.67. The Bertz CT molecular complexity index is 3260. The zero-order chi connectivity index (χ0) is 37.0. The summed E-state index contributed by atoms with van der Waals surface area (Å²) in [5.41, 5.74) is 15.9. The van der Waals surface area contributed by atoms with Gasteiger partial charge in [0.2, 0.25) is 0 Å². The monoisotopic (exact) mass is 758 g/mol. The Balaban J connectivity index is 0.979. The minimum atomic E-state index is 0.152. The zero-order valence-electron chi connectivity index (χ0n) is 31.2. The number of aromatic nitrogens is 2. The van der Waals surface area contributed by atoms with Crippen LogP contribution in [0.5, 0.6) is 0 Å². The van der Waals surface area contributed by atoms with E-state index in [4.69, 9.17) is 14.4 Å². The van der Waals surface area contributed by atoms with Gasteiger partial charge in [0, 0.05) is 47.2 Å². The van der Waals surface area contributed by atoms with Crippen LogP contribution in [-0.2, 0) is 5.41 Å². The molecule has 270 valence electrons. The van der Waals surface area contributed by atoms with E-state index in [-0.39, 0.29) is 5.41 Å². The van der Waals surface area contributed by atoms with Crippen LogP contribution < -0.4 is 9.75 Å². The first-order valence-electron chi connectivity index (χ1n) is 20.0. The highest BCUT2D eigenvalue weighted by Crippen LogP contribution is 2.56. The van der Waals surface area contributed by atoms with E-state index >= 15 is 0 Å². The van der Waals surface area contributed by atoms with E-state index in [2.05, 4.69) is 122 Å². The second-order valence-corrected chi connectivity index (χ2v) is 17.8. The molecule has 56 heavy (non-hydrogen) atoms. The van der Waals surface area contributed by atoms with Gasteiger partial charge in [0.05, 0.1) is 15.9 Å². The fourth-order valence-corrected chi connectivity index (χ4v) is 12.3. The van der Waals surface area contributed by atoms with Crippen LogP contribution in [0.25, 0.3) is 99.8 Å². The minimum absolute atomic E-state index is 0.152. The third-order valence-electron chi connectivity index (χ3n) is 12.8. The van der Waals surface area contributed by atoms with Gasteiger partial charge in [-0.25, -0.2) is 9.97 Å². The first-order valence-corrected chi connectivity index (χ1v) is 21.7. The highest BCUT2D eigenvalue weighted by Gasteiger charge is 2.43. The van der Waals surface area contributed by atoms with Gasteiger partial charge >= 0.3 is 0 Å². The highest BCUT2D eigenvalue weighted by atomic mass is 32.1. The van der Waals surface area contributed by atoms with E-state index in [1.165, 1.54) is 85.3 Å². The predicted octanol–water partition coefficient (Wildman–Crippen LogP) is 13.3. The molecule has 1 fully saturated rings. The Morgan fingerprint density at radius 1 is 0.696 bits per heavy atom. The lowest BCUT2D eigenvalue weighted by Crippen LogP contribution is -2.28. The van der Waals surface area contributed by atoms with E-state index in [1.807, 2.05) is 23.5 Å². The summed E-state index contributed by atoms with van der Waals surface area (Å²) >= 11 is 3.60. The van der Waals surface area contributed by atoms with Crippen LogP contribution in [0.2, 0.25) is 0 Å². The molecule has 0 unspecified atom stereocenters. The summed E-state index contributed by atoms with van der Waals surface area (Å²) in [4.78, 5) is 10.8. The first kappa shape index (κ1) is 32.6. The molecule has 0 N–H and O–H groups in total. The van der Waals surface area contributed by atoms with Gasteiger partial charge in [-0.05, 0) is 113 Å². The largest absolute Gasteiger partial charge is 0.456 e. The number of para-hydroxylation sites is 1. The summed E-state index contributed by atoms with van der Waals surface area (Å²) in [5.74, 6) is 0.771. The molecule has 12 rings (SSSR count). The molecule has 3 aliphatic rings. The number of hydrogen-bond donors (Lipinski definition) is 0. The van der Waals surface area contributed by atoms with Crippen molar-refractivity contribution in [1.82, 2.24) is 9.97 Å². The molecule has 0 radical (unpaired) electrons. The molecule has 9 aromatic rings.